The lowest BCUT2D eigenvalue weighted by Crippen LogP contribution is -2.18. The standard InChI is InChI=1S/C10H9BrN2S/c11-7-5-13-9-4-2-1-3-8(9)12-10(13)14-6-7/h1-4,7H,5-6H2. The van der Waals surface area contributed by atoms with Gasteiger partial charge in [0, 0.05) is 17.1 Å². The molecule has 0 amide bonds. The van der Waals surface area contributed by atoms with Crippen molar-refractivity contribution in [2.45, 2.75) is 16.5 Å². The zero-order valence-electron chi connectivity index (χ0n) is 7.48. The molecule has 0 N–H and O–H groups in total. The average Bonchev–Trinajstić information content (AvgIpc) is 2.56. The Bertz CT molecular complexity index is 480. The highest BCUT2D eigenvalue weighted by Gasteiger charge is 2.19. The van der Waals surface area contributed by atoms with E-state index in [1.807, 2.05) is 17.8 Å². The number of benzene rings is 1. The van der Waals surface area contributed by atoms with Crippen molar-refractivity contribution in [3.8, 4) is 0 Å². The molecule has 1 aromatic heterocycles. The quantitative estimate of drug-likeness (QED) is 0.684. The number of alkyl halides is 1. The minimum absolute atomic E-state index is 0.567. The van der Waals surface area contributed by atoms with Gasteiger partial charge in [0.05, 0.1) is 11.0 Å². The first-order chi connectivity index (χ1) is 6.84. The summed E-state index contributed by atoms with van der Waals surface area (Å²) in [6.07, 6.45) is 0. The SMILES string of the molecule is BrC1CSc2nc3ccccc3n2C1. The van der Waals surface area contributed by atoms with E-state index in [1.165, 1.54) is 5.52 Å². The molecular formula is C10H9BrN2S. The summed E-state index contributed by atoms with van der Waals surface area (Å²) in [6.45, 7) is 1.03. The van der Waals surface area contributed by atoms with Crippen LogP contribution in [0.3, 0.4) is 0 Å². The van der Waals surface area contributed by atoms with Crippen molar-refractivity contribution in [1.82, 2.24) is 9.55 Å². The van der Waals surface area contributed by atoms with E-state index in [2.05, 4.69) is 43.7 Å². The fraction of sp³-hybridized carbons (Fsp3) is 0.300. The second-order valence-corrected chi connectivity index (χ2v) is 5.68. The van der Waals surface area contributed by atoms with Crippen LogP contribution in [0, 0.1) is 0 Å². The Hall–Kier alpha value is -0.480. The molecule has 0 saturated heterocycles. The summed E-state index contributed by atoms with van der Waals surface area (Å²) in [7, 11) is 0. The van der Waals surface area contributed by atoms with Crippen LogP contribution in [-0.2, 0) is 6.54 Å². The molecule has 2 heterocycles. The molecule has 1 aliphatic rings. The molecule has 1 unspecified atom stereocenters. The van der Waals surface area contributed by atoms with Crippen molar-refractivity contribution < 1.29 is 0 Å². The molecule has 14 heavy (non-hydrogen) atoms. The molecule has 2 aromatic rings. The van der Waals surface area contributed by atoms with E-state index < -0.39 is 0 Å². The Balaban J connectivity index is 2.25. The molecule has 3 rings (SSSR count). The van der Waals surface area contributed by atoms with Gasteiger partial charge in [-0.2, -0.15) is 0 Å². The largest absolute Gasteiger partial charge is 0.318 e. The predicted molar refractivity (Wildman–Crippen MR) is 63.2 cm³/mol. The number of imidazole rings is 1. The first kappa shape index (κ1) is 8.80. The number of hydrogen-bond acceptors (Lipinski definition) is 2. The molecule has 2 nitrogen and oxygen atoms in total. The molecule has 0 bridgehead atoms. The Morgan fingerprint density at radius 2 is 2.29 bits per heavy atom. The fourth-order valence-corrected chi connectivity index (χ4v) is 3.37. The fourth-order valence-electron chi connectivity index (χ4n) is 1.76. The van der Waals surface area contributed by atoms with Crippen molar-refractivity contribution in [2.75, 3.05) is 5.75 Å². The zero-order chi connectivity index (χ0) is 9.54. The van der Waals surface area contributed by atoms with Crippen molar-refractivity contribution in [3.05, 3.63) is 24.3 Å². The van der Waals surface area contributed by atoms with Crippen LogP contribution in [0.2, 0.25) is 0 Å². The lowest BCUT2D eigenvalue weighted by atomic mass is 10.3. The molecule has 4 heteroatoms. The van der Waals surface area contributed by atoms with E-state index in [4.69, 9.17) is 0 Å². The van der Waals surface area contributed by atoms with Gasteiger partial charge in [-0.15, -0.1) is 0 Å². The number of thioether (sulfide) groups is 1. The van der Waals surface area contributed by atoms with E-state index >= 15 is 0 Å². The second-order valence-electron chi connectivity index (χ2n) is 3.40. The van der Waals surface area contributed by atoms with E-state index in [0.717, 1.165) is 23.0 Å². The van der Waals surface area contributed by atoms with Crippen molar-refractivity contribution in [2.24, 2.45) is 0 Å². The van der Waals surface area contributed by atoms with E-state index in [1.54, 1.807) is 0 Å². The molecule has 1 atom stereocenters. The maximum Gasteiger partial charge on any atom is 0.169 e. The lowest BCUT2D eigenvalue weighted by Gasteiger charge is -2.18. The third-order valence-electron chi connectivity index (χ3n) is 2.39. The first-order valence-corrected chi connectivity index (χ1v) is 6.47. The molecule has 0 radical (unpaired) electrons. The van der Waals surface area contributed by atoms with Gasteiger partial charge in [0.15, 0.2) is 5.16 Å². The predicted octanol–water partition coefficient (Wildman–Crippen LogP) is 2.91. The van der Waals surface area contributed by atoms with Gasteiger partial charge in [-0.25, -0.2) is 4.98 Å². The normalized spacial score (nSPS) is 21.1. The van der Waals surface area contributed by atoms with Gasteiger partial charge >= 0.3 is 0 Å². The number of hydrogen-bond donors (Lipinski definition) is 0. The number of fused-ring (bicyclic) bond motifs is 3. The first-order valence-electron chi connectivity index (χ1n) is 4.57. The van der Waals surface area contributed by atoms with E-state index in [-0.39, 0.29) is 0 Å². The van der Waals surface area contributed by atoms with E-state index in [9.17, 15) is 0 Å². The highest BCUT2D eigenvalue weighted by molar-refractivity contribution is 9.09. The molecule has 0 fully saturated rings. The summed E-state index contributed by atoms with van der Waals surface area (Å²) in [6, 6.07) is 8.32. The maximum atomic E-state index is 4.59. The number of aromatic nitrogens is 2. The van der Waals surface area contributed by atoms with Gasteiger partial charge in [-0.1, -0.05) is 39.8 Å². The van der Waals surface area contributed by atoms with Crippen LogP contribution in [0.5, 0.6) is 0 Å². The van der Waals surface area contributed by atoms with Crippen molar-refractivity contribution >= 4 is 38.7 Å². The number of para-hydroxylation sites is 2. The Labute approximate surface area is 94.8 Å². The summed E-state index contributed by atoms with van der Waals surface area (Å²) in [4.78, 5) is 5.16. The van der Waals surface area contributed by atoms with Crippen LogP contribution in [0.15, 0.2) is 29.4 Å². The molecule has 1 aromatic carbocycles. The van der Waals surface area contributed by atoms with E-state index in [0.29, 0.717) is 4.83 Å². The summed E-state index contributed by atoms with van der Waals surface area (Å²) < 4.78 is 2.29. The van der Waals surface area contributed by atoms with Gasteiger partial charge in [0.2, 0.25) is 0 Å². The average molecular weight is 269 g/mol. The zero-order valence-corrected chi connectivity index (χ0v) is 9.88. The van der Waals surface area contributed by atoms with Crippen LogP contribution in [-0.4, -0.2) is 20.1 Å². The van der Waals surface area contributed by atoms with Crippen LogP contribution in [0.25, 0.3) is 11.0 Å². The third-order valence-corrected chi connectivity index (χ3v) is 4.57. The highest BCUT2D eigenvalue weighted by Crippen LogP contribution is 2.31. The van der Waals surface area contributed by atoms with Crippen molar-refractivity contribution in [3.63, 3.8) is 0 Å². The molecule has 0 spiro atoms. The summed E-state index contributed by atoms with van der Waals surface area (Å²) in [5.74, 6) is 1.11. The Morgan fingerprint density at radius 1 is 1.43 bits per heavy atom. The minimum Gasteiger partial charge on any atom is -0.318 e. The van der Waals surface area contributed by atoms with Gasteiger partial charge in [0.1, 0.15) is 0 Å². The smallest absolute Gasteiger partial charge is 0.169 e. The Morgan fingerprint density at radius 3 is 3.21 bits per heavy atom. The number of nitrogens with zero attached hydrogens (tertiary/aromatic N) is 2. The van der Waals surface area contributed by atoms with Crippen LogP contribution < -0.4 is 0 Å². The van der Waals surface area contributed by atoms with Crippen LogP contribution >= 0.6 is 27.7 Å². The number of halogens is 1. The van der Waals surface area contributed by atoms with Crippen molar-refractivity contribution in [1.29, 1.82) is 0 Å². The Kier molecular flexibility index (Phi) is 2.06. The summed E-state index contributed by atoms with van der Waals surface area (Å²) >= 11 is 5.49. The topological polar surface area (TPSA) is 17.8 Å². The second kappa shape index (κ2) is 3.28. The molecular weight excluding hydrogens is 260 g/mol. The summed E-state index contributed by atoms with van der Waals surface area (Å²) in [5.41, 5.74) is 2.36. The molecule has 0 aliphatic carbocycles. The third kappa shape index (κ3) is 1.28. The lowest BCUT2D eigenvalue weighted by molar-refractivity contribution is 0.640. The minimum atomic E-state index is 0.567. The van der Waals surface area contributed by atoms with Gasteiger partial charge < -0.3 is 4.57 Å². The highest BCUT2D eigenvalue weighted by atomic mass is 79.9. The van der Waals surface area contributed by atoms with Gasteiger partial charge in [-0.05, 0) is 12.1 Å². The van der Waals surface area contributed by atoms with Crippen LogP contribution in [0.1, 0.15) is 0 Å². The van der Waals surface area contributed by atoms with Crippen LogP contribution in [0.4, 0.5) is 0 Å². The molecule has 1 aliphatic heterocycles. The van der Waals surface area contributed by atoms with Gasteiger partial charge in [0.25, 0.3) is 0 Å². The monoisotopic (exact) mass is 268 g/mol. The molecule has 0 saturated carbocycles. The molecule has 72 valence electrons. The summed E-state index contributed by atoms with van der Waals surface area (Å²) in [5, 5.41) is 1.15. The number of rotatable bonds is 0. The van der Waals surface area contributed by atoms with Gasteiger partial charge in [-0.3, -0.25) is 0 Å². The maximum absolute atomic E-state index is 4.59.